The number of amides is 1. The molecule has 0 atom stereocenters. The largest absolute Gasteiger partial charge is 0.369 e. The first-order chi connectivity index (χ1) is 9.51. The van der Waals surface area contributed by atoms with E-state index in [-0.39, 0.29) is 11.9 Å². The second-order valence-corrected chi connectivity index (χ2v) is 4.99. The Hall–Kier alpha value is -1.80. The minimum absolute atomic E-state index is 0.0167. The molecule has 0 fully saturated rings. The third-order valence-corrected chi connectivity index (χ3v) is 3.07. The summed E-state index contributed by atoms with van der Waals surface area (Å²) in [6.07, 6.45) is 1.81. The number of pyridine rings is 1. The molecule has 0 aromatic carbocycles. The minimum Gasteiger partial charge on any atom is -0.369 e. The highest BCUT2D eigenvalue weighted by molar-refractivity contribution is 6.33. The van der Waals surface area contributed by atoms with Crippen LogP contribution in [0.15, 0.2) is 12.3 Å². The van der Waals surface area contributed by atoms with Crippen molar-refractivity contribution in [3.63, 3.8) is 0 Å². The van der Waals surface area contributed by atoms with E-state index in [1.165, 1.54) is 6.20 Å². The number of anilines is 1. The van der Waals surface area contributed by atoms with E-state index in [4.69, 9.17) is 16.9 Å². The van der Waals surface area contributed by atoms with Gasteiger partial charge in [0, 0.05) is 25.3 Å². The van der Waals surface area contributed by atoms with Crippen molar-refractivity contribution in [3.8, 4) is 6.07 Å². The minimum atomic E-state index is -0.160. The van der Waals surface area contributed by atoms with Gasteiger partial charge in [0.05, 0.1) is 23.1 Å². The van der Waals surface area contributed by atoms with E-state index < -0.39 is 0 Å². The van der Waals surface area contributed by atoms with Gasteiger partial charge in [0.25, 0.3) is 5.91 Å². The van der Waals surface area contributed by atoms with Crippen LogP contribution in [0.5, 0.6) is 0 Å². The Labute approximate surface area is 124 Å². The highest BCUT2D eigenvalue weighted by Gasteiger charge is 2.19. The molecular formula is C14H19ClN4O. The van der Waals surface area contributed by atoms with Crippen LogP contribution in [0.1, 0.15) is 37.6 Å². The van der Waals surface area contributed by atoms with Gasteiger partial charge in [0.1, 0.15) is 5.82 Å². The summed E-state index contributed by atoms with van der Waals surface area (Å²) in [5.41, 5.74) is 0.434. The maximum atomic E-state index is 12.4. The van der Waals surface area contributed by atoms with Crippen molar-refractivity contribution in [3.05, 3.63) is 22.8 Å². The average molecular weight is 295 g/mol. The lowest BCUT2D eigenvalue weighted by molar-refractivity contribution is 0.0710. The molecule has 0 aliphatic rings. The van der Waals surface area contributed by atoms with Crippen molar-refractivity contribution in [2.75, 3.05) is 18.4 Å². The zero-order chi connectivity index (χ0) is 15.1. The van der Waals surface area contributed by atoms with Gasteiger partial charge in [0.2, 0.25) is 0 Å². The first-order valence-electron chi connectivity index (χ1n) is 6.58. The van der Waals surface area contributed by atoms with Crippen molar-refractivity contribution in [2.24, 2.45) is 0 Å². The summed E-state index contributed by atoms with van der Waals surface area (Å²) < 4.78 is 0. The van der Waals surface area contributed by atoms with Gasteiger partial charge in [-0.2, -0.15) is 5.26 Å². The van der Waals surface area contributed by atoms with Crippen molar-refractivity contribution >= 4 is 23.3 Å². The Morgan fingerprint density at radius 2 is 2.30 bits per heavy atom. The van der Waals surface area contributed by atoms with E-state index in [0.29, 0.717) is 35.9 Å². The number of carbonyl (C=O) groups excluding carboxylic acids is 1. The summed E-state index contributed by atoms with van der Waals surface area (Å²) in [5.74, 6) is 0.409. The molecule has 0 aliphatic heterocycles. The molecule has 5 nitrogen and oxygen atoms in total. The van der Waals surface area contributed by atoms with E-state index in [1.54, 1.807) is 11.0 Å². The molecule has 1 aromatic rings. The van der Waals surface area contributed by atoms with E-state index >= 15 is 0 Å². The lowest BCUT2D eigenvalue weighted by Crippen LogP contribution is -2.37. The number of aromatic nitrogens is 1. The number of nitriles is 1. The number of rotatable bonds is 6. The van der Waals surface area contributed by atoms with E-state index in [1.807, 2.05) is 20.8 Å². The Balaban J connectivity index is 2.95. The van der Waals surface area contributed by atoms with E-state index in [2.05, 4.69) is 16.4 Å². The molecule has 0 aliphatic carbocycles. The molecule has 0 saturated heterocycles. The Morgan fingerprint density at radius 3 is 2.80 bits per heavy atom. The van der Waals surface area contributed by atoms with Crippen LogP contribution in [0.3, 0.4) is 0 Å². The summed E-state index contributed by atoms with van der Waals surface area (Å²) >= 11 is 6.09. The van der Waals surface area contributed by atoms with Crippen molar-refractivity contribution in [1.29, 1.82) is 5.26 Å². The summed E-state index contributed by atoms with van der Waals surface area (Å²) in [7, 11) is 0. The molecule has 108 valence electrons. The van der Waals surface area contributed by atoms with Crippen LogP contribution in [0, 0.1) is 11.3 Å². The first-order valence-corrected chi connectivity index (χ1v) is 6.96. The lowest BCUT2D eigenvalue weighted by Gasteiger charge is -2.26. The van der Waals surface area contributed by atoms with E-state index in [0.717, 1.165) is 0 Å². The van der Waals surface area contributed by atoms with Gasteiger partial charge in [-0.25, -0.2) is 4.98 Å². The molecule has 0 spiro atoms. The standard InChI is InChI=1S/C14H19ClN4O/c1-4-17-13-12(15)8-11(9-18-13)14(20)19(10(2)3)7-5-6-16/h8-10H,4-5,7H2,1-3H3,(H,17,18). The summed E-state index contributed by atoms with van der Waals surface area (Å²) in [5, 5.41) is 12.1. The number of carbonyl (C=O) groups is 1. The normalized spacial score (nSPS) is 10.2. The molecule has 0 unspecified atom stereocenters. The fourth-order valence-corrected chi connectivity index (χ4v) is 2.02. The third kappa shape index (κ3) is 4.10. The first kappa shape index (κ1) is 16.3. The summed E-state index contributed by atoms with van der Waals surface area (Å²) in [6.45, 7) is 6.88. The maximum Gasteiger partial charge on any atom is 0.255 e. The number of nitrogens with one attached hydrogen (secondary N) is 1. The van der Waals surface area contributed by atoms with E-state index in [9.17, 15) is 4.79 Å². The third-order valence-electron chi connectivity index (χ3n) is 2.78. The van der Waals surface area contributed by atoms with Gasteiger partial charge < -0.3 is 10.2 Å². The summed E-state index contributed by atoms with van der Waals surface area (Å²) in [6, 6.07) is 3.68. The van der Waals surface area contributed by atoms with Crippen molar-refractivity contribution in [1.82, 2.24) is 9.88 Å². The highest BCUT2D eigenvalue weighted by Crippen LogP contribution is 2.21. The van der Waals surface area contributed by atoms with Crippen LogP contribution in [0.25, 0.3) is 0 Å². The van der Waals surface area contributed by atoms with Crippen LogP contribution >= 0.6 is 11.6 Å². The molecule has 0 bridgehead atoms. The van der Waals surface area contributed by atoms with Gasteiger partial charge in [-0.15, -0.1) is 0 Å². The Bertz CT molecular complexity index is 510. The number of hydrogen-bond acceptors (Lipinski definition) is 4. The summed E-state index contributed by atoms with van der Waals surface area (Å²) in [4.78, 5) is 18.2. The molecule has 0 saturated carbocycles. The second-order valence-electron chi connectivity index (χ2n) is 4.59. The second kappa shape index (κ2) is 7.71. The Kier molecular flexibility index (Phi) is 6.26. The predicted octanol–water partition coefficient (Wildman–Crippen LogP) is 2.93. The zero-order valence-electron chi connectivity index (χ0n) is 12.0. The molecular weight excluding hydrogens is 276 g/mol. The highest BCUT2D eigenvalue weighted by atomic mass is 35.5. The number of halogens is 1. The van der Waals surface area contributed by atoms with Gasteiger partial charge in [-0.05, 0) is 26.8 Å². The topological polar surface area (TPSA) is 69.0 Å². The molecule has 0 radical (unpaired) electrons. The van der Waals surface area contributed by atoms with Crippen LogP contribution in [0.4, 0.5) is 5.82 Å². The van der Waals surface area contributed by atoms with Gasteiger partial charge >= 0.3 is 0 Å². The molecule has 1 N–H and O–H groups in total. The molecule has 20 heavy (non-hydrogen) atoms. The number of nitrogens with zero attached hydrogens (tertiary/aromatic N) is 3. The van der Waals surface area contributed by atoms with Gasteiger partial charge in [-0.1, -0.05) is 11.6 Å². The van der Waals surface area contributed by atoms with Gasteiger partial charge in [-0.3, -0.25) is 4.79 Å². The molecule has 1 amide bonds. The molecule has 1 heterocycles. The monoisotopic (exact) mass is 294 g/mol. The fourth-order valence-electron chi connectivity index (χ4n) is 1.78. The smallest absolute Gasteiger partial charge is 0.255 e. The zero-order valence-corrected chi connectivity index (χ0v) is 12.7. The SMILES string of the molecule is CCNc1ncc(C(=O)N(CCC#N)C(C)C)cc1Cl. The van der Waals surface area contributed by atoms with Crippen LogP contribution in [-0.2, 0) is 0 Å². The molecule has 6 heteroatoms. The van der Waals surface area contributed by atoms with Crippen LogP contribution < -0.4 is 5.32 Å². The van der Waals surface area contributed by atoms with Crippen LogP contribution in [0.2, 0.25) is 5.02 Å². The van der Waals surface area contributed by atoms with Crippen LogP contribution in [-0.4, -0.2) is 34.9 Å². The van der Waals surface area contributed by atoms with Crippen molar-refractivity contribution in [2.45, 2.75) is 33.2 Å². The van der Waals surface area contributed by atoms with Crippen molar-refractivity contribution < 1.29 is 4.79 Å². The fraction of sp³-hybridized carbons (Fsp3) is 0.500. The lowest BCUT2D eigenvalue weighted by atomic mass is 10.2. The predicted molar refractivity (Wildman–Crippen MR) is 79.8 cm³/mol. The quantitative estimate of drug-likeness (QED) is 0.876. The number of hydrogen-bond donors (Lipinski definition) is 1. The Morgan fingerprint density at radius 1 is 1.60 bits per heavy atom. The average Bonchev–Trinajstić information content (AvgIpc) is 2.41. The van der Waals surface area contributed by atoms with Gasteiger partial charge in [0.15, 0.2) is 0 Å². The molecule has 1 aromatic heterocycles. The molecule has 1 rings (SSSR count). The maximum absolute atomic E-state index is 12.4.